The third kappa shape index (κ3) is 2.90. The molecule has 0 saturated carbocycles. The molecule has 0 unspecified atom stereocenters. The minimum absolute atomic E-state index is 0.0381. The molecular weight excluding hydrogens is 264 g/mol. The van der Waals surface area contributed by atoms with Crippen LogP contribution in [-0.2, 0) is 6.54 Å². The van der Waals surface area contributed by atoms with E-state index in [0.29, 0.717) is 5.56 Å². The number of carbonyl (C=O) groups is 1. The number of pyridine rings is 1. The molecule has 1 heterocycles. The van der Waals surface area contributed by atoms with Crippen LogP contribution in [0.2, 0.25) is 0 Å². The van der Waals surface area contributed by atoms with Gasteiger partial charge in [-0.2, -0.15) is 0 Å². The quantitative estimate of drug-likeness (QED) is 0.935. The van der Waals surface area contributed by atoms with Crippen molar-refractivity contribution in [2.75, 3.05) is 12.8 Å². The summed E-state index contributed by atoms with van der Waals surface area (Å²) >= 11 is 0. The second-order valence-corrected chi connectivity index (χ2v) is 4.34. The van der Waals surface area contributed by atoms with E-state index in [-0.39, 0.29) is 17.9 Å². The van der Waals surface area contributed by atoms with Gasteiger partial charge in [0.05, 0.1) is 11.8 Å². The molecule has 1 amide bonds. The van der Waals surface area contributed by atoms with E-state index < -0.39 is 17.5 Å². The van der Waals surface area contributed by atoms with Gasteiger partial charge in [0, 0.05) is 19.2 Å². The highest BCUT2D eigenvalue weighted by Crippen LogP contribution is 2.15. The summed E-state index contributed by atoms with van der Waals surface area (Å²) in [4.78, 5) is 17.0. The number of aromatic nitrogens is 1. The molecule has 0 radical (unpaired) electrons. The number of nitrogen functional groups attached to an aromatic ring is 1. The number of nitrogens with two attached hydrogens (primary N) is 1. The molecule has 0 saturated heterocycles. The molecular formula is C14H13F2N3O. The van der Waals surface area contributed by atoms with Gasteiger partial charge in [-0.05, 0) is 12.1 Å². The average molecular weight is 277 g/mol. The maximum Gasteiger partial charge on any atom is 0.257 e. The first-order valence-electron chi connectivity index (χ1n) is 5.89. The minimum atomic E-state index is -0.651. The fraction of sp³-hybridized carbons (Fsp3) is 0.143. The summed E-state index contributed by atoms with van der Waals surface area (Å²) in [7, 11) is 1.49. The predicted octanol–water partition coefficient (Wildman–Crippen LogP) is 2.21. The Hall–Kier alpha value is -2.50. The van der Waals surface area contributed by atoms with Crippen LogP contribution < -0.4 is 5.73 Å². The van der Waals surface area contributed by atoms with Gasteiger partial charge in [0.15, 0.2) is 0 Å². The van der Waals surface area contributed by atoms with Crippen molar-refractivity contribution in [2.45, 2.75) is 6.54 Å². The molecule has 2 N–H and O–H groups in total. The molecule has 0 aliphatic heterocycles. The van der Waals surface area contributed by atoms with Gasteiger partial charge in [-0.15, -0.1) is 0 Å². The topological polar surface area (TPSA) is 59.2 Å². The predicted molar refractivity (Wildman–Crippen MR) is 70.8 cm³/mol. The lowest BCUT2D eigenvalue weighted by molar-refractivity contribution is 0.0784. The summed E-state index contributed by atoms with van der Waals surface area (Å²) < 4.78 is 26.6. The van der Waals surface area contributed by atoms with Crippen LogP contribution in [0, 0.1) is 11.6 Å². The Balaban J connectivity index is 2.21. The van der Waals surface area contributed by atoms with Gasteiger partial charge in [-0.25, -0.2) is 13.8 Å². The van der Waals surface area contributed by atoms with Crippen molar-refractivity contribution in [3.63, 3.8) is 0 Å². The molecule has 1 aromatic carbocycles. The Bertz CT molecular complexity index is 646. The van der Waals surface area contributed by atoms with E-state index in [9.17, 15) is 13.6 Å². The number of nitrogens with zero attached hydrogens (tertiary/aromatic N) is 2. The van der Waals surface area contributed by atoms with Gasteiger partial charge >= 0.3 is 0 Å². The number of hydrogen-bond donors (Lipinski definition) is 1. The lowest BCUT2D eigenvalue weighted by atomic mass is 10.1. The van der Waals surface area contributed by atoms with Crippen LogP contribution in [0.1, 0.15) is 15.9 Å². The highest BCUT2D eigenvalue weighted by atomic mass is 19.1. The second kappa shape index (κ2) is 5.64. The van der Waals surface area contributed by atoms with Gasteiger partial charge < -0.3 is 10.6 Å². The number of anilines is 1. The summed E-state index contributed by atoms with van der Waals surface area (Å²) in [5.74, 6) is -1.63. The minimum Gasteiger partial charge on any atom is -0.383 e. The molecule has 2 rings (SSSR count). The van der Waals surface area contributed by atoms with Gasteiger partial charge in [-0.3, -0.25) is 4.79 Å². The third-order valence-corrected chi connectivity index (χ3v) is 2.83. The summed E-state index contributed by atoms with van der Waals surface area (Å²) in [6.45, 7) is 0.0570. The van der Waals surface area contributed by atoms with Crippen LogP contribution in [0.5, 0.6) is 0 Å². The normalized spacial score (nSPS) is 10.3. The van der Waals surface area contributed by atoms with Crippen LogP contribution >= 0.6 is 0 Å². The van der Waals surface area contributed by atoms with Crippen molar-refractivity contribution in [2.24, 2.45) is 0 Å². The van der Waals surface area contributed by atoms with E-state index in [2.05, 4.69) is 4.98 Å². The molecule has 0 aliphatic rings. The fourth-order valence-corrected chi connectivity index (χ4v) is 1.78. The zero-order valence-corrected chi connectivity index (χ0v) is 10.8. The molecule has 0 atom stereocenters. The monoisotopic (exact) mass is 277 g/mol. The zero-order chi connectivity index (χ0) is 14.7. The van der Waals surface area contributed by atoms with Gasteiger partial charge in [0.1, 0.15) is 17.5 Å². The van der Waals surface area contributed by atoms with Crippen molar-refractivity contribution in [1.29, 1.82) is 0 Å². The molecule has 0 bridgehead atoms. The molecule has 0 fully saturated rings. The van der Waals surface area contributed by atoms with Gasteiger partial charge in [0.25, 0.3) is 5.91 Å². The van der Waals surface area contributed by atoms with Crippen molar-refractivity contribution < 1.29 is 13.6 Å². The molecule has 104 valence electrons. The lowest BCUT2D eigenvalue weighted by Crippen LogP contribution is -2.27. The highest BCUT2D eigenvalue weighted by molar-refractivity contribution is 5.98. The highest BCUT2D eigenvalue weighted by Gasteiger charge is 2.17. The van der Waals surface area contributed by atoms with E-state index in [4.69, 9.17) is 5.73 Å². The van der Waals surface area contributed by atoms with E-state index in [1.165, 1.54) is 18.0 Å². The van der Waals surface area contributed by atoms with Crippen molar-refractivity contribution in [3.05, 3.63) is 59.3 Å². The van der Waals surface area contributed by atoms with Crippen LogP contribution in [0.3, 0.4) is 0 Å². The third-order valence-electron chi connectivity index (χ3n) is 2.83. The van der Waals surface area contributed by atoms with E-state index >= 15 is 0 Å². The average Bonchev–Trinajstić information content (AvgIpc) is 2.43. The van der Waals surface area contributed by atoms with Crippen molar-refractivity contribution in [3.8, 4) is 0 Å². The second-order valence-electron chi connectivity index (χ2n) is 4.34. The molecule has 0 spiro atoms. The standard InChI is InChI=1S/C14H13F2N3O/c1-19(8-9-4-2-3-5-12(9)16)14(20)11-6-10(15)7-18-13(11)17/h2-7H,8H2,1H3,(H2,17,18). The summed E-state index contributed by atoms with van der Waals surface area (Å²) in [6.07, 6.45) is 0.934. The van der Waals surface area contributed by atoms with Crippen LogP contribution in [0.4, 0.5) is 14.6 Å². The number of hydrogen-bond acceptors (Lipinski definition) is 3. The Labute approximate surface area is 114 Å². The Morgan fingerprint density at radius 2 is 2.05 bits per heavy atom. The molecule has 6 heteroatoms. The molecule has 4 nitrogen and oxygen atoms in total. The summed E-state index contributed by atoms with van der Waals surface area (Å²) in [6, 6.07) is 7.14. The van der Waals surface area contributed by atoms with E-state index in [1.807, 2.05) is 0 Å². The van der Waals surface area contributed by atoms with Crippen LogP contribution in [-0.4, -0.2) is 22.8 Å². The lowest BCUT2D eigenvalue weighted by Gasteiger charge is -2.18. The van der Waals surface area contributed by atoms with E-state index in [1.54, 1.807) is 18.2 Å². The Kier molecular flexibility index (Phi) is 3.93. The summed E-state index contributed by atoms with van der Waals surface area (Å²) in [5, 5.41) is 0. The first kappa shape index (κ1) is 13.9. The Morgan fingerprint density at radius 1 is 1.35 bits per heavy atom. The van der Waals surface area contributed by atoms with Gasteiger partial charge in [-0.1, -0.05) is 18.2 Å². The van der Waals surface area contributed by atoms with Crippen LogP contribution in [0.15, 0.2) is 36.5 Å². The Morgan fingerprint density at radius 3 is 2.75 bits per heavy atom. The maximum atomic E-state index is 13.5. The fourth-order valence-electron chi connectivity index (χ4n) is 1.78. The molecule has 0 aliphatic carbocycles. The van der Waals surface area contributed by atoms with Gasteiger partial charge in [0.2, 0.25) is 0 Å². The smallest absolute Gasteiger partial charge is 0.257 e. The van der Waals surface area contributed by atoms with Crippen molar-refractivity contribution in [1.82, 2.24) is 9.88 Å². The molecule has 20 heavy (non-hydrogen) atoms. The van der Waals surface area contributed by atoms with Crippen molar-refractivity contribution >= 4 is 11.7 Å². The number of benzene rings is 1. The first-order valence-corrected chi connectivity index (χ1v) is 5.89. The SMILES string of the molecule is CN(Cc1ccccc1F)C(=O)c1cc(F)cnc1N. The summed E-state index contributed by atoms with van der Waals surface area (Å²) in [5.41, 5.74) is 5.88. The van der Waals surface area contributed by atoms with Crippen LogP contribution in [0.25, 0.3) is 0 Å². The number of rotatable bonds is 3. The number of carbonyl (C=O) groups excluding carboxylic acids is 1. The largest absolute Gasteiger partial charge is 0.383 e. The zero-order valence-electron chi connectivity index (χ0n) is 10.8. The molecule has 2 aromatic rings. The maximum absolute atomic E-state index is 13.5. The number of amides is 1. The molecule has 1 aromatic heterocycles. The van der Waals surface area contributed by atoms with E-state index in [0.717, 1.165) is 12.3 Å². The number of halogens is 2. The first-order chi connectivity index (χ1) is 9.49.